The third kappa shape index (κ3) is 21.5. The smallest absolute Gasteiger partial charge is 0.336 e. The molecule has 0 bridgehead atoms. The lowest BCUT2D eigenvalue weighted by molar-refractivity contribution is 0.0687. The van der Waals surface area contributed by atoms with Gasteiger partial charge in [-0.1, -0.05) is 60.7 Å². The van der Waals surface area contributed by atoms with Gasteiger partial charge in [0.2, 0.25) is 0 Å². The number of thiocarbonyl (C=S) groups is 2. The number of hydrogen-bond donors (Lipinski definition) is 16. The van der Waals surface area contributed by atoms with Crippen LogP contribution in [0.3, 0.4) is 0 Å². The van der Waals surface area contributed by atoms with E-state index >= 15 is 0 Å². The number of aromatic hydroxyl groups is 2. The Morgan fingerprint density at radius 1 is 0.448 bits per heavy atom. The highest BCUT2D eigenvalue weighted by molar-refractivity contribution is 7.80. The molecule has 8 aromatic carbocycles. The summed E-state index contributed by atoms with van der Waals surface area (Å²) in [4.78, 5) is 66.0. The Labute approximate surface area is 675 Å². The molecule has 2 aliphatic carbocycles. The largest absolute Gasteiger partial charge is 0.508 e. The molecule has 0 atom stereocenters. The number of nitrogens with two attached hydrogens (primary N) is 4. The van der Waals surface area contributed by atoms with Crippen LogP contribution in [0.2, 0.25) is 0 Å². The van der Waals surface area contributed by atoms with Crippen molar-refractivity contribution < 1.29 is 57.8 Å². The van der Waals surface area contributed by atoms with Crippen LogP contribution >= 0.6 is 24.4 Å². The first-order valence-corrected chi connectivity index (χ1v) is 37.0. The molecule has 20 N–H and O–H groups in total. The van der Waals surface area contributed by atoms with Gasteiger partial charge in [0.15, 0.2) is 44.9 Å². The van der Waals surface area contributed by atoms with Crippen LogP contribution in [-0.4, -0.2) is 147 Å². The zero-order valence-corrected chi connectivity index (χ0v) is 65.0. The van der Waals surface area contributed by atoms with Crippen LogP contribution in [0.25, 0.3) is 89.1 Å². The monoisotopic (exact) mass is 1600 g/mol. The van der Waals surface area contributed by atoms with Crippen LogP contribution in [0.4, 0.5) is 11.4 Å². The van der Waals surface area contributed by atoms with Crippen molar-refractivity contribution in [2.45, 2.75) is 13.1 Å². The molecule has 0 aromatic heterocycles. The van der Waals surface area contributed by atoms with Gasteiger partial charge in [0.25, 0.3) is 0 Å². The number of benzene rings is 10. The summed E-state index contributed by atoms with van der Waals surface area (Å²) in [5.74, 6) is 1.93. The van der Waals surface area contributed by atoms with Gasteiger partial charge in [-0.3, -0.25) is 29.6 Å². The topological polar surface area (TPSA) is 462 Å². The zero-order valence-electron chi connectivity index (χ0n) is 63.3. The number of phenols is 2. The van der Waals surface area contributed by atoms with Gasteiger partial charge in [0.1, 0.15) is 83.6 Å². The quantitative estimate of drug-likeness (QED) is 0.00712. The fourth-order valence-electron chi connectivity index (χ4n) is 12.5. The third-order valence-corrected chi connectivity index (χ3v) is 18.2. The van der Waals surface area contributed by atoms with E-state index in [1.54, 1.807) is 76.7 Å². The molecule has 12 rings (SSSR count). The number of aliphatic imine (C=N–C) groups is 4. The minimum absolute atomic E-state index is 0.00481. The summed E-state index contributed by atoms with van der Waals surface area (Å²) < 4.78 is 36.2. The van der Waals surface area contributed by atoms with E-state index in [2.05, 4.69) is 62.5 Å². The number of carboxylic acids is 2. The minimum atomic E-state index is -1.18. The Hall–Kier alpha value is -14.7. The molecular formula is C84H84N16O14S2. The van der Waals surface area contributed by atoms with E-state index < -0.39 is 11.9 Å². The number of fused-ring (bicyclic) bond motifs is 4. The number of carbonyl (C=O) groups is 2. The molecular weight excluding hydrogens is 1520 g/mol. The Morgan fingerprint density at radius 2 is 0.853 bits per heavy atom. The van der Waals surface area contributed by atoms with Crippen molar-refractivity contribution in [2.24, 2.45) is 42.9 Å². The van der Waals surface area contributed by atoms with Crippen molar-refractivity contribution >= 4 is 104 Å². The number of rotatable bonds is 28. The number of nitrogens with zero attached hydrogens (tertiary/aromatic N) is 4. The van der Waals surface area contributed by atoms with Gasteiger partial charge >= 0.3 is 11.9 Å². The maximum absolute atomic E-state index is 12.7. The maximum Gasteiger partial charge on any atom is 0.336 e. The maximum atomic E-state index is 12.7. The summed E-state index contributed by atoms with van der Waals surface area (Å²) in [6.07, 6.45) is 0. The average Bonchev–Trinajstić information content (AvgIpc) is 0.752. The average molecular weight is 1610 g/mol. The first-order chi connectivity index (χ1) is 56.0. The molecule has 0 fully saturated rings. The highest BCUT2D eigenvalue weighted by atomic mass is 32.1. The Bertz CT molecular complexity index is 5810. The van der Waals surface area contributed by atoms with Crippen molar-refractivity contribution in [3.05, 3.63) is 237 Å². The number of ether oxygens (including phenoxy) is 4. The predicted octanol–water partition coefficient (Wildman–Crippen LogP) is 9.90. The molecule has 0 unspecified atom stereocenters. The third-order valence-electron chi connectivity index (χ3n) is 17.7. The number of nitrogens with one attached hydrogen (secondary N) is 8. The summed E-state index contributed by atoms with van der Waals surface area (Å²) in [5, 5.41) is 67.5. The lowest BCUT2D eigenvalue weighted by Gasteiger charge is -2.18. The summed E-state index contributed by atoms with van der Waals surface area (Å²) in [6.45, 7) is 3.55. The number of aromatic carboxylic acids is 2. The molecule has 116 heavy (non-hydrogen) atoms. The van der Waals surface area contributed by atoms with Crippen LogP contribution < -0.4 is 95.3 Å². The van der Waals surface area contributed by atoms with Crippen LogP contribution in [-0.2, 0) is 13.1 Å². The second-order valence-electron chi connectivity index (χ2n) is 25.6. The Morgan fingerprint density at radius 3 is 1.28 bits per heavy atom. The van der Waals surface area contributed by atoms with E-state index in [4.69, 9.17) is 75.2 Å². The summed E-state index contributed by atoms with van der Waals surface area (Å²) >= 11 is 11.3. The van der Waals surface area contributed by atoms with E-state index in [0.717, 1.165) is 33.4 Å². The van der Waals surface area contributed by atoms with Crippen molar-refractivity contribution in [3.8, 4) is 102 Å². The number of hydrogen-bond acceptors (Lipinski definition) is 18. The standard InChI is InChI=1S/C44H46N8O7S.C40H38N8O7S/c1-45-42(46-2)49-16-18-57-31-7-5-6-27(21-31)32-12-8-26(20-37(32)58-19-17-50-43(47-3)48-4)25-51-44(60)52-28-9-13-33(36(22-28)41(55)56)40-34-14-10-29(53)23-38(34)59-39-24-30(54)11-15-35(39)40;41-38(42)45-12-14-53-27-3-1-2-23(17-27)28-8-4-22(16-33(28)54-15-13-46-39(43)44)21-47-40(56)48-24-5-9-29(32(18-24)37(51)52)36-30-10-6-25(49)19-34(30)55-35-20-26(50)7-11-31(35)36/h5-15,20-24,53H,16-19,25H2,1-4H3,(H,55,56)(H2,45,46,49)(H2,47,48,50)(H2,51,52,60);1-11,16-20,49H,12-15,21H2,(H,51,52)(H4,41,42,45)(H4,43,44,46)(H2,47,48,56). The van der Waals surface area contributed by atoms with E-state index in [0.29, 0.717) is 142 Å². The molecule has 8 aromatic rings. The first-order valence-electron chi connectivity index (χ1n) is 36.2. The SMILES string of the molecule is CN=C(NC)NCCOc1cccc(-c2ccc(CNC(=S)Nc3ccc(-c4c5ccc(=O)cc-5oc5cc(O)ccc45)c(C(=O)O)c3)cc2OCCNC(=NC)NC)c1.NC(N)=NCCOc1cccc(-c2ccc(CNC(=S)Nc3ccc(-c4c5ccc(=O)cc-5oc5cc(O)ccc45)c(C(=O)O)c3)cc2OCCN=C(N)N)c1. The molecule has 0 amide bonds. The molecule has 0 radical (unpaired) electrons. The van der Waals surface area contributed by atoms with Crippen molar-refractivity contribution in [1.82, 2.24) is 31.9 Å². The van der Waals surface area contributed by atoms with Gasteiger partial charge in [-0.25, -0.2) is 9.59 Å². The molecule has 2 aliphatic heterocycles. The summed E-state index contributed by atoms with van der Waals surface area (Å²) in [5.41, 5.74) is 30.8. The lowest BCUT2D eigenvalue weighted by atomic mass is 9.90. The Kier molecular flexibility index (Phi) is 27.7. The van der Waals surface area contributed by atoms with Crippen LogP contribution in [0.1, 0.15) is 31.8 Å². The van der Waals surface area contributed by atoms with E-state index in [9.17, 15) is 39.6 Å². The number of phenolic OH excluding ortho intramolecular Hbond substituents is 2. The van der Waals surface area contributed by atoms with Crippen molar-refractivity contribution in [2.75, 3.05) is 91.4 Å². The summed E-state index contributed by atoms with van der Waals surface area (Å²) in [6, 6.07) is 54.5. The normalized spacial score (nSPS) is 11.2. The second-order valence-corrected chi connectivity index (χ2v) is 26.4. The molecule has 2 heterocycles. The van der Waals surface area contributed by atoms with Gasteiger partial charge in [0.05, 0.1) is 37.3 Å². The fraction of sp³-hybridized carbons (Fsp3) is 0.167. The van der Waals surface area contributed by atoms with Crippen LogP contribution in [0.15, 0.2) is 233 Å². The van der Waals surface area contributed by atoms with Gasteiger partial charge in [-0.05, 0) is 167 Å². The molecule has 4 aliphatic rings. The lowest BCUT2D eigenvalue weighted by Crippen LogP contribution is -2.37. The second kappa shape index (κ2) is 39.0. The van der Waals surface area contributed by atoms with Crippen LogP contribution in [0.5, 0.6) is 34.5 Å². The molecule has 32 heteroatoms. The highest BCUT2D eigenvalue weighted by Gasteiger charge is 2.26. The molecule has 30 nitrogen and oxygen atoms in total. The zero-order chi connectivity index (χ0) is 82.4. The number of carboxylic acid groups (broad SMARTS) is 2. The van der Waals surface area contributed by atoms with Crippen molar-refractivity contribution in [1.29, 1.82) is 0 Å². The molecule has 0 saturated heterocycles. The molecule has 0 spiro atoms. The minimum Gasteiger partial charge on any atom is -0.508 e. The number of guanidine groups is 4. The van der Waals surface area contributed by atoms with Gasteiger partial charge in [-0.15, -0.1) is 0 Å². The molecule has 596 valence electrons. The Balaban J connectivity index is 0.000000229. The van der Waals surface area contributed by atoms with Gasteiger partial charge in [-0.2, -0.15) is 0 Å². The van der Waals surface area contributed by atoms with Gasteiger partial charge in [0, 0.05) is 121 Å². The fourth-order valence-corrected chi connectivity index (χ4v) is 12.9. The van der Waals surface area contributed by atoms with Gasteiger partial charge < -0.3 is 114 Å². The predicted molar refractivity (Wildman–Crippen MR) is 460 cm³/mol. The van der Waals surface area contributed by atoms with Crippen molar-refractivity contribution in [3.63, 3.8) is 0 Å². The number of anilines is 2. The van der Waals surface area contributed by atoms with E-state index in [1.807, 2.05) is 84.9 Å². The summed E-state index contributed by atoms with van der Waals surface area (Å²) in [7, 11) is 6.99. The van der Waals surface area contributed by atoms with E-state index in [1.165, 1.54) is 60.7 Å². The van der Waals surface area contributed by atoms with E-state index in [-0.39, 0.29) is 92.5 Å². The molecule has 0 saturated carbocycles. The highest BCUT2D eigenvalue weighted by Crippen LogP contribution is 2.45. The van der Waals surface area contributed by atoms with Crippen LogP contribution in [0, 0.1) is 0 Å². The first kappa shape index (κ1) is 82.3.